The molecule has 166 valence electrons. The fourth-order valence-electron chi connectivity index (χ4n) is 3.95. The summed E-state index contributed by atoms with van der Waals surface area (Å²) in [6, 6.07) is 18.3. The van der Waals surface area contributed by atoms with Crippen LogP contribution in [0.1, 0.15) is 46.2 Å². The van der Waals surface area contributed by atoms with Crippen molar-refractivity contribution in [1.29, 1.82) is 0 Å². The van der Waals surface area contributed by atoms with Crippen LogP contribution in [-0.2, 0) is 6.54 Å². The number of hydrogen-bond donors (Lipinski definition) is 2. The van der Waals surface area contributed by atoms with Gasteiger partial charge in [-0.1, -0.05) is 23.7 Å². The average Bonchev–Trinajstić information content (AvgIpc) is 3.24. The van der Waals surface area contributed by atoms with E-state index in [-0.39, 0.29) is 17.9 Å². The molecule has 3 amide bonds. The van der Waals surface area contributed by atoms with Crippen molar-refractivity contribution in [2.24, 2.45) is 0 Å². The zero-order chi connectivity index (χ0) is 22.5. The lowest BCUT2D eigenvalue weighted by molar-refractivity contribution is 0.0947. The number of likely N-dealkylation sites (tertiary alicyclic amines) is 1. The van der Waals surface area contributed by atoms with Crippen molar-refractivity contribution in [3.05, 3.63) is 88.3 Å². The van der Waals surface area contributed by atoms with Gasteiger partial charge in [-0.25, -0.2) is 4.79 Å². The minimum atomic E-state index is -0.144. The van der Waals surface area contributed by atoms with E-state index in [9.17, 15) is 9.59 Å². The van der Waals surface area contributed by atoms with E-state index in [1.165, 1.54) is 0 Å². The van der Waals surface area contributed by atoms with E-state index in [1.54, 1.807) is 30.3 Å². The number of carbonyl (C=O) groups is 2. The second-order valence-corrected chi connectivity index (χ2v) is 8.48. The van der Waals surface area contributed by atoms with Gasteiger partial charge in [0.25, 0.3) is 5.91 Å². The topological polar surface area (TPSA) is 74.6 Å². The number of carbonyl (C=O) groups excluding carboxylic acids is 2. The Bertz CT molecular complexity index is 1090. The van der Waals surface area contributed by atoms with Gasteiger partial charge in [0.2, 0.25) is 0 Å². The van der Waals surface area contributed by atoms with E-state index < -0.39 is 0 Å². The molecule has 0 radical (unpaired) electrons. The number of rotatable bonds is 5. The fourth-order valence-corrected chi connectivity index (χ4v) is 4.08. The Morgan fingerprint density at radius 2 is 1.94 bits per heavy atom. The van der Waals surface area contributed by atoms with Gasteiger partial charge in [0, 0.05) is 35.3 Å². The molecule has 2 heterocycles. The summed E-state index contributed by atoms with van der Waals surface area (Å²) in [5.74, 6) is 1.58. The van der Waals surface area contributed by atoms with Gasteiger partial charge in [0.05, 0.1) is 6.54 Å². The highest BCUT2D eigenvalue weighted by Crippen LogP contribution is 2.28. The Morgan fingerprint density at radius 3 is 2.69 bits per heavy atom. The molecule has 0 unspecified atom stereocenters. The molecule has 0 spiro atoms. The number of furan rings is 1. The second kappa shape index (κ2) is 9.92. The van der Waals surface area contributed by atoms with E-state index in [1.807, 2.05) is 42.2 Å². The molecule has 2 aromatic carbocycles. The lowest BCUT2D eigenvalue weighted by Crippen LogP contribution is -2.41. The van der Waals surface area contributed by atoms with Gasteiger partial charge in [0.1, 0.15) is 11.5 Å². The number of nitrogens with one attached hydrogen (secondary N) is 2. The summed E-state index contributed by atoms with van der Waals surface area (Å²) in [6.07, 6.45) is 1.88. The molecule has 6 nitrogen and oxygen atoms in total. The highest BCUT2D eigenvalue weighted by molar-refractivity contribution is 6.30. The lowest BCUT2D eigenvalue weighted by atomic mass is 9.89. The van der Waals surface area contributed by atoms with Crippen molar-refractivity contribution in [3.63, 3.8) is 0 Å². The molecule has 1 fully saturated rings. The van der Waals surface area contributed by atoms with Crippen molar-refractivity contribution >= 4 is 29.2 Å². The molecule has 1 aliphatic heterocycles. The van der Waals surface area contributed by atoms with Crippen LogP contribution in [0.3, 0.4) is 0 Å². The van der Waals surface area contributed by atoms with Gasteiger partial charge in [-0.2, -0.15) is 0 Å². The maximum Gasteiger partial charge on any atom is 0.321 e. The summed E-state index contributed by atoms with van der Waals surface area (Å²) in [6.45, 7) is 3.53. The van der Waals surface area contributed by atoms with Crippen LogP contribution in [0.15, 0.2) is 65.1 Å². The maximum absolute atomic E-state index is 12.7. The minimum absolute atomic E-state index is 0.125. The number of aryl methyl sites for hydroxylation is 1. The first-order valence-corrected chi connectivity index (χ1v) is 11.1. The third-order valence-corrected chi connectivity index (χ3v) is 5.90. The molecule has 0 bridgehead atoms. The first-order chi connectivity index (χ1) is 15.5. The first kappa shape index (κ1) is 22.0. The molecule has 1 atom stereocenters. The zero-order valence-electron chi connectivity index (χ0n) is 17.9. The van der Waals surface area contributed by atoms with Gasteiger partial charge in [-0.05, 0) is 73.9 Å². The summed E-state index contributed by atoms with van der Waals surface area (Å²) in [4.78, 5) is 27.2. The summed E-state index contributed by atoms with van der Waals surface area (Å²) >= 11 is 5.91. The van der Waals surface area contributed by atoms with Crippen molar-refractivity contribution in [2.45, 2.75) is 32.2 Å². The van der Waals surface area contributed by atoms with Crippen LogP contribution < -0.4 is 10.6 Å². The quantitative estimate of drug-likeness (QED) is 0.531. The molecular weight excluding hydrogens is 426 g/mol. The Hall–Kier alpha value is -3.25. The van der Waals surface area contributed by atoms with Crippen LogP contribution in [0.4, 0.5) is 10.5 Å². The number of nitrogens with zero attached hydrogens (tertiary/aromatic N) is 1. The second-order valence-electron chi connectivity index (χ2n) is 8.04. The van der Waals surface area contributed by atoms with E-state index in [2.05, 4.69) is 10.6 Å². The number of hydrogen-bond acceptors (Lipinski definition) is 3. The normalized spacial score (nSPS) is 15.9. The Balaban J connectivity index is 1.38. The number of benzene rings is 2. The van der Waals surface area contributed by atoms with E-state index in [0.29, 0.717) is 35.9 Å². The third-order valence-electron chi connectivity index (χ3n) is 5.64. The Kier molecular flexibility index (Phi) is 6.81. The molecule has 7 heteroatoms. The van der Waals surface area contributed by atoms with E-state index >= 15 is 0 Å². The zero-order valence-corrected chi connectivity index (χ0v) is 18.7. The van der Waals surface area contributed by atoms with Gasteiger partial charge >= 0.3 is 6.03 Å². The number of amides is 3. The average molecular weight is 452 g/mol. The minimum Gasteiger partial charge on any atom is -0.465 e. The summed E-state index contributed by atoms with van der Waals surface area (Å²) in [5.41, 5.74) is 2.39. The summed E-state index contributed by atoms with van der Waals surface area (Å²) in [5, 5.41) is 6.46. The molecule has 1 saturated heterocycles. The number of halogens is 1. The monoisotopic (exact) mass is 451 g/mol. The standard InChI is InChI=1S/C25H26ClN3O3/c1-17-7-12-23(32-17)15-27-24(30)19-5-2-4-18(14-19)20-6-3-13-29(16-20)25(31)28-22-10-8-21(26)9-11-22/h2,4-5,7-12,14,20H,3,6,13,15-16H2,1H3,(H,27,30)(H,28,31)/t20-/m1/s1. The van der Waals surface area contributed by atoms with Gasteiger partial charge in [-0.3, -0.25) is 4.79 Å². The molecule has 4 rings (SSSR count). The maximum atomic E-state index is 12.7. The van der Waals surface area contributed by atoms with Crippen LogP contribution >= 0.6 is 11.6 Å². The highest BCUT2D eigenvalue weighted by atomic mass is 35.5. The number of piperidine rings is 1. The summed E-state index contributed by atoms with van der Waals surface area (Å²) in [7, 11) is 0. The number of anilines is 1. The van der Waals surface area contributed by atoms with E-state index in [0.717, 1.165) is 29.9 Å². The first-order valence-electron chi connectivity index (χ1n) is 10.7. The molecule has 3 aromatic rings. The van der Waals surface area contributed by atoms with Crippen LogP contribution in [-0.4, -0.2) is 29.9 Å². The molecule has 32 heavy (non-hydrogen) atoms. The molecule has 0 aliphatic carbocycles. The van der Waals surface area contributed by atoms with Crippen LogP contribution in [0, 0.1) is 6.92 Å². The third kappa shape index (κ3) is 5.51. The van der Waals surface area contributed by atoms with Crippen molar-refractivity contribution in [2.75, 3.05) is 18.4 Å². The predicted octanol–water partition coefficient (Wildman–Crippen LogP) is 5.58. The highest BCUT2D eigenvalue weighted by Gasteiger charge is 2.25. The van der Waals surface area contributed by atoms with Crippen LogP contribution in [0.5, 0.6) is 0 Å². The van der Waals surface area contributed by atoms with Crippen molar-refractivity contribution < 1.29 is 14.0 Å². The Labute approximate surface area is 192 Å². The molecule has 1 aliphatic rings. The van der Waals surface area contributed by atoms with Crippen LogP contribution in [0.2, 0.25) is 5.02 Å². The van der Waals surface area contributed by atoms with Gasteiger partial charge < -0.3 is 20.0 Å². The molecule has 1 aromatic heterocycles. The molecule has 2 N–H and O–H groups in total. The van der Waals surface area contributed by atoms with Crippen molar-refractivity contribution in [3.8, 4) is 0 Å². The van der Waals surface area contributed by atoms with Crippen molar-refractivity contribution in [1.82, 2.24) is 10.2 Å². The molecule has 0 saturated carbocycles. The fraction of sp³-hybridized carbons (Fsp3) is 0.280. The molecular formula is C25H26ClN3O3. The predicted molar refractivity (Wildman–Crippen MR) is 125 cm³/mol. The van der Waals surface area contributed by atoms with Crippen LogP contribution in [0.25, 0.3) is 0 Å². The smallest absolute Gasteiger partial charge is 0.321 e. The van der Waals surface area contributed by atoms with E-state index in [4.69, 9.17) is 16.0 Å². The number of urea groups is 1. The lowest BCUT2D eigenvalue weighted by Gasteiger charge is -2.33. The van der Waals surface area contributed by atoms with Gasteiger partial charge in [-0.15, -0.1) is 0 Å². The van der Waals surface area contributed by atoms with Gasteiger partial charge in [0.15, 0.2) is 0 Å². The Morgan fingerprint density at radius 1 is 1.12 bits per heavy atom. The largest absolute Gasteiger partial charge is 0.465 e. The SMILES string of the molecule is Cc1ccc(CNC(=O)c2cccc([C@@H]3CCCN(C(=O)Nc4ccc(Cl)cc4)C3)c2)o1. The summed E-state index contributed by atoms with van der Waals surface area (Å²) < 4.78 is 5.51.